The van der Waals surface area contributed by atoms with Gasteiger partial charge in [0.05, 0.1) is 10.2 Å². The molecule has 28 heavy (non-hydrogen) atoms. The number of anilines is 1. The summed E-state index contributed by atoms with van der Waals surface area (Å²) in [6, 6.07) is 10.7. The Bertz CT molecular complexity index is 995. The van der Waals surface area contributed by atoms with Crippen molar-refractivity contribution in [2.24, 2.45) is 0 Å². The number of ether oxygens (including phenoxy) is 1. The predicted molar refractivity (Wildman–Crippen MR) is 106 cm³/mol. The lowest BCUT2D eigenvalue weighted by atomic mass is 10.3. The molecule has 8 nitrogen and oxygen atoms in total. The second-order valence-corrected chi connectivity index (χ2v) is 6.62. The van der Waals surface area contributed by atoms with Gasteiger partial charge in [-0.15, -0.1) is 0 Å². The number of nitrogens with one attached hydrogen (secondary N) is 2. The maximum atomic E-state index is 12.5. The first-order valence-electron chi connectivity index (χ1n) is 8.58. The lowest BCUT2D eigenvalue weighted by molar-refractivity contribution is 0.0958. The molecular formula is C19H19BrN4O4. The van der Waals surface area contributed by atoms with Crippen LogP contribution in [0.1, 0.15) is 33.7 Å². The number of hydrogen-bond donors (Lipinski definition) is 2. The number of aromatic nitrogens is 2. The standard InChI is InChI=1S/C19H19BrN4O4/c1-3-24-10-14(17(23-24)19(26)21-2)22-18(25)16-9-8-12(28-16)11-27-15-7-5-4-6-13(15)20/h4-10H,3,11H2,1-2H3,(H,21,26)(H,22,25). The number of amides is 2. The average molecular weight is 447 g/mol. The zero-order valence-electron chi connectivity index (χ0n) is 15.4. The van der Waals surface area contributed by atoms with E-state index in [1.807, 2.05) is 31.2 Å². The van der Waals surface area contributed by atoms with Crippen LogP contribution in [0.2, 0.25) is 0 Å². The summed E-state index contributed by atoms with van der Waals surface area (Å²) in [5.74, 6) is 0.416. The summed E-state index contributed by atoms with van der Waals surface area (Å²) in [6.07, 6.45) is 1.60. The van der Waals surface area contributed by atoms with Crippen molar-refractivity contribution in [3.8, 4) is 5.75 Å². The van der Waals surface area contributed by atoms with E-state index in [1.54, 1.807) is 23.0 Å². The number of benzene rings is 1. The first-order valence-corrected chi connectivity index (χ1v) is 9.38. The molecule has 0 aliphatic carbocycles. The number of aryl methyl sites for hydroxylation is 1. The van der Waals surface area contributed by atoms with Crippen molar-refractivity contribution < 1.29 is 18.7 Å². The van der Waals surface area contributed by atoms with Gasteiger partial charge in [-0.3, -0.25) is 14.3 Å². The first-order chi connectivity index (χ1) is 13.5. The maximum Gasteiger partial charge on any atom is 0.291 e. The Morgan fingerprint density at radius 3 is 2.71 bits per heavy atom. The van der Waals surface area contributed by atoms with Gasteiger partial charge in [0.15, 0.2) is 11.5 Å². The summed E-state index contributed by atoms with van der Waals surface area (Å²) < 4.78 is 13.6. The third kappa shape index (κ3) is 4.42. The van der Waals surface area contributed by atoms with Crippen LogP contribution >= 0.6 is 15.9 Å². The van der Waals surface area contributed by atoms with Gasteiger partial charge >= 0.3 is 0 Å². The quantitative estimate of drug-likeness (QED) is 0.578. The third-order valence-electron chi connectivity index (χ3n) is 3.87. The highest BCUT2D eigenvalue weighted by molar-refractivity contribution is 9.10. The maximum absolute atomic E-state index is 12.5. The first kappa shape index (κ1) is 19.7. The predicted octanol–water partition coefficient (Wildman–Crippen LogP) is 3.45. The Kier molecular flexibility index (Phi) is 6.15. The van der Waals surface area contributed by atoms with Crippen molar-refractivity contribution >= 4 is 33.4 Å². The van der Waals surface area contributed by atoms with E-state index in [-0.39, 0.29) is 24.0 Å². The van der Waals surface area contributed by atoms with Crippen LogP contribution in [0.3, 0.4) is 0 Å². The van der Waals surface area contributed by atoms with Gasteiger partial charge in [0.25, 0.3) is 11.8 Å². The van der Waals surface area contributed by atoms with Gasteiger partial charge in [-0.1, -0.05) is 12.1 Å². The molecular weight excluding hydrogens is 428 g/mol. The van der Waals surface area contributed by atoms with E-state index in [2.05, 4.69) is 31.7 Å². The summed E-state index contributed by atoms with van der Waals surface area (Å²) in [7, 11) is 1.50. The van der Waals surface area contributed by atoms with Crippen LogP contribution in [0, 0.1) is 0 Å². The highest BCUT2D eigenvalue weighted by Gasteiger charge is 2.20. The van der Waals surface area contributed by atoms with Crippen LogP contribution in [0.15, 0.2) is 51.5 Å². The van der Waals surface area contributed by atoms with Gasteiger partial charge in [-0.05, 0) is 47.1 Å². The molecule has 9 heteroatoms. The number of hydrogen-bond acceptors (Lipinski definition) is 5. The number of carbonyl (C=O) groups is 2. The van der Waals surface area contributed by atoms with Crippen molar-refractivity contribution in [1.29, 1.82) is 0 Å². The molecule has 2 heterocycles. The molecule has 0 spiro atoms. The topological polar surface area (TPSA) is 98.4 Å². The highest BCUT2D eigenvalue weighted by Crippen LogP contribution is 2.25. The van der Waals surface area contributed by atoms with Crippen molar-refractivity contribution in [3.63, 3.8) is 0 Å². The minimum Gasteiger partial charge on any atom is -0.484 e. The molecule has 0 bridgehead atoms. The normalized spacial score (nSPS) is 10.5. The molecule has 0 unspecified atom stereocenters. The number of nitrogens with zero attached hydrogens (tertiary/aromatic N) is 2. The SMILES string of the molecule is CCn1cc(NC(=O)c2ccc(COc3ccccc3Br)o2)c(C(=O)NC)n1. The smallest absolute Gasteiger partial charge is 0.291 e. The van der Waals surface area contributed by atoms with Gasteiger partial charge in [0.1, 0.15) is 18.1 Å². The molecule has 2 N–H and O–H groups in total. The van der Waals surface area contributed by atoms with Crippen LogP contribution < -0.4 is 15.4 Å². The average Bonchev–Trinajstić information content (AvgIpc) is 3.34. The van der Waals surface area contributed by atoms with Crippen LogP contribution in [0.5, 0.6) is 5.75 Å². The Hall–Kier alpha value is -3.07. The summed E-state index contributed by atoms with van der Waals surface area (Å²) in [5, 5.41) is 9.33. The summed E-state index contributed by atoms with van der Waals surface area (Å²) in [6.45, 7) is 2.63. The molecule has 0 saturated carbocycles. The van der Waals surface area contributed by atoms with Gasteiger partial charge in [0, 0.05) is 19.8 Å². The minimum absolute atomic E-state index is 0.109. The van der Waals surface area contributed by atoms with E-state index in [4.69, 9.17) is 9.15 Å². The monoisotopic (exact) mass is 446 g/mol. The van der Waals surface area contributed by atoms with Gasteiger partial charge in [-0.2, -0.15) is 5.10 Å². The van der Waals surface area contributed by atoms with Crippen molar-refractivity contribution in [1.82, 2.24) is 15.1 Å². The number of furan rings is 1. The Morgan fingerprint density at radius 1 is 1.21 bits per heavy atom. The fourth-order valence-electron chi connectivity index (χ4n) is 2.43. The summed E-state index contributed by atoms with van der Waals surface area (Å²) >= 11 is 3.41. The number of halogens is 1. The molecule has 0 saturated heterocycles. The van der Waals surface area contributed by atoms with E-state index in [0.29, 0.717) is 23.7 Å². The minimum atomic E-state index is -0.479. The van der Waals surface area contributed by atoms with Crippen molar-refractivity contribution in [3.05, 3.63) is 64.3 Å². The van der Waals surface area contributed by atoms with Crippen LogP contribution in [-0.4, -0.2) is 28.6 Å². The lowest BCUT2D eigenvalue weighted by Crippen LogP contribution is -2.21. The van der Waals surface area contributed by atoms with Gasteiger partial charge in [0.2, 0.25) is 0 Å². The van der Waals surface area contributed by atoms with E-state index in [9.17, 15) is 9.59 Å². The second-order valence-electron chi connectivity index (χ2n) is 5.77. The van der Waals surface area contributed by atoms with Crippen LogP contribution in [0.25, 0.3) is 0 Å². The van der Waals surface area contributed by atoms with Crippen molar-refractivity contribution in [2.45, 2.75) is 20.1 Å². The molecule has 3 aromatic rings. The molecule has 3 rings (SSSR count). The van der Waals surface area contributed by atoms with Crippen LogP contribution in [-0.2, 0) is 13.2 Å². The third-order valence-corrected chi connectivity index (χ3v) is 4.52. The van der Waals surface area contributed by atoms with E-state index >= 15 is 0 Å². The Balaban J connectivity index is 1.68. The molecule has 0 radical (unpaired) electrons. The van der Waals surface area contributed by atoms with Gasteiger partial charge in [-0.25, -0.2) is 0 Å². The molecule has 1 aromatic carbocycles. The fourth-order valence-corrected chi connectivity index (χ4v) is 2.83. The zero-order valence-corrected chi connectivity index (χ0v) is 16.9. The molecule has 0 aliphatic heterocycles. The summed E-state index contributed by atoms with van der Waals surface area (Å²) in [4.78, 5) is 24.4. The van der Waals surface area contributed by atoms with Gasteiger partial charge < -0.3 is 19.8 Å². The fraction of sp³-hybridized carbons (Fsp3) is 0.211. The molecule has 146 valence electrons. The Morgan fingerprint density at radius 2 is 2.00 bits per heavy atom. The number of carbonyl (C=O) groups excluding carboxylic acids is 2. The zero-order chi connectivity index (χ0) is 20.1. The van der Waals surface area contributed by atoms with Crippen molar-refractivity contribution in [2.75, 3.05) is 12.4 Å². The lowest BCUT2D eigenvalue weighted by Gasteiger charge is -2.06. The molecule has 2 aromatic heterocycles. The number of para-hydroxylation sites is 1. The molecule has 2 amide bonds. The molecule has 0 atom stereocenters. The van der Waals surface area contributed by atoms with E-state index in [1.165, 1.54) is 7.05 Å². The highest BCUT2D eigenvalue weighted by atomic mass is 79.9. The Labute approximate surface area is 170 Å². The van der Waals surface area contributed by atoms with E-state index < -0.39 is 5.91 Å². The molecule has 0 aliphatic rings. The summed E-state index contributed by atoms with van der Waals surface area (Å²) in [5.41, 5.74) is 0.454. The van der Waals surface area contributed by atoms with Crippen LogP contribution in [0.4, 0.5) is 5.69 Å². The largest absolute Gasteiger partial charge is 0.484 e. The second kappa shape index (κ2) is 8.75. The van der Waals surface area contributed by atoms with E-state index in [0.717, 1.165) is 4.47 Å². The number of rotatable bonds is 7. The molecule has 0 fully saturated rings.